The predicted molar refractivity (Wildman–Crippen MR) is 235 cm³/mol. The summed E-state index contributed by atoms with van der Waals surface area (Å²) in [4.78, 5) is 2.50. The summed E-state index contributed by atoms with van der Waals surface area (Å²) in [6, 6.07) is 65.1. The molecule has 1 aliphatic rings. The molecule has 0 aliphatic heterocycles. The van der Waals surface area contributed by atoms with Gasteiger partial charge in [-0.25, -0.2) is 0 Å². The van der Waals surface area contributed by atoms with Crippen molar-refractivity contribution in [3.8, 4) is 33.4 Å². The number of fused-ring (bicyclic) bond motifs is 10. The van der Waals surface area contributed by atoms with Crippen LogP contribution in [0.3, 0.4) is 0 Å². The fraction of sp³-hybridized carbons (Fsp3) is 0.0588. The Morgan fingerprint density at radius 3 is 1.81 bits per heavy atom. The molecule has 10 aromatic rings. The molecule has 2 aromatic heterocycles. The SMILES string of the molecule is CC1(C)c2ccccc2-c2ccc(N(c3ccc(-c4ccccc4)cc3)c3ccc(-c4ccccc4)c4c3sc3ccc5sc6ccccc6c5c34)cc21. The van der Waals surface area contributed by atoms with Crippen LogP contribution in [0.1, 0.15) is 25.0 Å². The van der Waals surface area contributed by atoms with Crippen LogP contribution in [0.5, 0.6) is 0 Å². The second kappa shape index (κ2) is 12.0. The topological polar surface area (TPSA) is 3.24 Å². The summed E-state index contributed by atoms with van der Waals surface area (Å²) in [5.41, 5.74) is 13.8. The van der Waals surface area contributed by atoms with E-state index >= 15 is 0 Å². The molecule has 0 N–H and O–H groups in total. The molecule has 1 aliphatic carbocycles. The number of anilines is 3. The first-order valence-corrected chi connectivity index (χ1v) is 20.2. The normalized spacial score (nSPS) is 13.1. The lowest BCUT2D eigenvalue weighted by atomic mass is 9.82. The summed E-state index contributed by atoms with van der Waals surface area (Å²) in [6.07, 6.45) is 0. The van der Waals surface area contributed by atoms with Crippen LogP contribution in [-0.4, -0.2) is 0 Å². The first-order valence-electron chi connectivity index (χ1n) is 18.6. The van der Waals surface area contributed by atoms with E-state index in [0.717, 1.165) is 5.69 Å². The maximum atomic E-state index is 2.50. The van der Waals surface area contributed by atoms with Gasteiger partial charge in [0.05, 0.1) is 10.4 Å². The van der Waals surface area contributed by atoms with Gasteiger partial charge in [0.1, 0.15) is 0 Å². The van der Waals surface area contributed by atoms with Crippen LogP contribution < -0.4 is 4.90 Å². The molecule has 3 heteroatoms. The molecule has 11 rings (SSSR count). The summed E-state index contributed by atoms with van der Waals surface area (Å²) in [7, 11) is 0. The van der Waals surface area contributed by atoms with Gasteiger partial charge in [-0.3, -0.25) is 0 Å². The van der Waals surface area contributed by atoms with Crippen molar-refractivity contribution in [1.82, 2.24) is 0 Å². The smallest absolute Gasteiger partial charge is 0.0640 e. The minimum absolute atomic E-state index is 0.111. The number of hydrogen-bond donors (Lipinski definition) is 0. The van der Waals surface area contributed by atoms with Crippen LogP contribution in [0.25, 0.3) is 73.7 Å². The average Bonchev–Trinajstić information content (AvgIpc) is 3.87. The summed E-state index contributed by atoms with van der Waals surface area (Å²) in [6.45, 7) is 4.74. The van der Waals surface area contributed by atoms with Gasteiger partial charge in [-0.1, -0.05) is 141 Å². The molecule has 0 amide bonds. The predicted octanol–water partition coefficient (Wildman–Crippen LogP) is 15.5. The largest absolute Gasteiger partial charge is 0.309 e. The highest BCUT2D eigenvalue weighted by Gasteiger charge is 2.36. The summed E-state index contributed by atoms with van der Waals surface area (Å²) in [5, 5.41) is 5.38. The van der Waals surface area contributed by atoms with Crippen molar-refractivity contribution in [1.29, 1.82) is 0 Å². The highest BCUT2D eigenvalue weighted by atomic mass is 32.1. The van der Waals surface area contributed by atoms with E-state index in [1.165, 1.54) is 96.2 Å². The zero-order valence-corrected chi connectivity index (χ0v) is 31.6. The van der Waals surface area contributed by atoms with Crippen molar-refractivity contribution in [2.24, 2.45) is 0 Å². The Hall–Kier alpha value is -6.00. The number of thiophene rings is 2. The maximum absolute atomic E-state index is 2.50. The summed E-state index contributed by atoms with van der Waals surface area (Å²) >= 11 is 3.81. The first-order chi connectivity index (χ1) is 26.5. The number of rotatable bonds is 5. The molecule has 0 unspecified atom stereocenters. The molecule has 0 spiro atoms. The van der Waals surface area contributed by atoms with Crippen LogP contribution in [0.4, 0.5) is 17.1 Å². The molecule has 1 nitrogen and oxygen atoms in total. The van der Waals surface area contributed by atoms with Gasteiger partial charge >= 0.3 is 0 Å². The molecular weight excluding hydrogens is 691 g/mol. The molecular formula is C51H35NS2. The second-order valence-corrected chi connectivity index (χ2v) is 17.0. The third kappa shape index (κ3) is 4.69. The minimum atomic E-state index is -0.111. The van der Waals surface area contributed by atoms with Crippen LogP contribution in [0.15, 0.2) is 176 Å². The van der Waals surface area contributed by atoms with E-state index in [2.05, 4.69) is 195 Å². The zero-order valence-electron chi connectivity index (χ0n) is 30.0. The fourth-order valence-corrected chi connectivity index (χ4v) is 11.2. The molecule has 8 aromatic carbocycles. The van der Waals surface area contributed by atoms with Crippen molar-refractivity contribution in [3.63, 3.8) is 0 Å². The van der Waals surface area contributed by atoms with Gasteiger partial charge in [0.15, 0.2) is 0 Å². The van der Waals surface area contributed by atoms with Gasteiger partial charge < -0.3 is 4.90 Å². The number of benzene rings is 8. The van der Waals surface area contributed by atoms with E-state index in [4.69, 9.17) is 0 Å². The van der Waals surface area contributed by atoms with Gasteiger partial charge in [-0.15, -0.1) is 22.7 Å². The van der Waals surface area contributed by atoms with Crippen LogP contribution >= 0.6 is 22.7 Å². The first kappa shape index (κ1) is 31.5. The van der Waals surface area contributed by atoms with Crippen molar-refractivity contribution in [2.45, 2.75) is 19.3 Å². The van der Waals surface area contributed by atoms with E-state index < -0.39 is 0 Å². The molecule has 0 radical (unpaired) electrons. The van der Waals surface area contributed by atoms with E-state index in [0.29, 0.717) is 0 Å². The molecule has 0 atom stereocenters. The van der Waals surface area contributed by atoms with Crippen LogP contribution in [-0.2, 0) is 5.41 Å². The van der Waals surface area contributed by atoms with Gasteiger partial charge in [-0.2, -0.15) is 0 Å². The van der Waals surface area contributed by atoms with Gasteiger partial charge in [0.2, 0.25) is 0 Å². The number of hydrogen-bond acceptors (Lipinski definition) is 3. The Balaban J connectivity index is 1.21. The lowest BCUT2D eigenvalue weighted by molar-refractivity contribution is 0.660. The van der Waals surface area contributed by atoms with Gasteiger partial charge in [0, 0.05) is 52.4 Å². The maximum Gasteiger partial charge on any atom is 0.0640 e. The van der Waals surface area contributed by atoms with E-state index in [1.54, 1.807) is 0 Å². The average molecular weight is 726 g/mol. The Bertz CT molecular complexity index is 3060. The fourth-order valence-electron chi connectivity index (χ4n) is 8.89. The third-order valence-electron chi connectivity index (χ3n) is 11.5. The van der Waals surface area contributed by atoms with Crippen LogP contribution in [0, 0.1) is 0 Å². The van der Waals surface area contributed by atoms with E-state index in [1.807, 2.05) is 22.7 Å². The zero-order chi connectivity index (χ0) is 36.0. The molecule has 256 valence electrons. The monoisotopic (exact) mass is 725 g/mol. The third-order valence-corrected chi connectivity index (χ3v) is 13.8. The van der Waals surface area contributed by atoms with Crippen molar-refractivity contribution >= 4 is 80.1 Å². The molecule has 0 bridgehead atoms. The summed E-state index contributed by atoms with van der Waals surface area (Å²) < 4.78 is 5.28. The Kier molecular flexibility index (Phi) is 7.01. The molecule has 0 saturated carbocycles. The molecule has 2 heterocycles. The molecule has 54 heavy (non-hydrogen) atoms. The quantitative estimate of drug-likeness (QED) is 0.171. The van der Waals surface area contributed by atoms with E-state index in [9.17, 15) is 0 Å². The van der Waals surface area contributed by atoms with Crippen molar-refractivity contribution < 1.29 is 0 Å². The van der Waals surface area contributed by atoms with Crippen molar-refractivity contribution in [3.05, 3.63) is 187 Å². The van der Waals surface area contributed by atoms with E-state index in [-0.39, 0.29) is 5.41 Å². The summed E-state index contributed by atoms with van der Waals surface area (Å²) in [5.74, 6) is 0. The Labute approximate surface area is 323 Å². The Morgan fingerprint density at radius 2 is 1.02 bits per heavy atom. The highest BCUT2D eigenvalue weighted by molar-refractivity contribution is 7.28. The Morgan fingerprint density at radius 1 is 0.407 bits per heavy atom. The van der Waals surface area contributed by atoms with Crippen molar-refractivity contribution in [2.75, 3.05) is 4.90 Å². The molecule has 0 saturated heterocycles. The minimum Gasteiger partial charge on any atom is -0.309 e. The highest BCUT2D eigenvalue weighted by Crippen LogP contribution is 2.54. The molecule has 0 fully saturated rings. The number of nitrogens with zero attached hydrogens (tertiary/aromatic N) is 1. The lowest BCUT2D eigenvalue weighted by Crippen LogP contribution is -2.16. The second-order valence-electron chi connectivity index (χ2n) is 14.9. The lowest BCUT2D eigenvalue weighted by Gasteiger charge is -2.29. The van der Waals surface area contributed by atoms with Crippen LogP contribution in [0.2, 0.25) is 0 Å². The van der Waals surface area contributed by atoms with Gasteiger partial charge in [0.25, 0.3) is 0 Å². The van der Waals surface area contributed by atoms with Gasteiger partial charge in [-0.05, 0) is 93.0 Å². The standard InChI is InChI=1S/C51H35NS2/c1-51(2)41-19-11-9-17-38(41)39-26-25-36(31-42(39)51)52(35-23-21-33(22-24-35)32-13-5-3-6-14-32)43-28-27-37(34-15-7-4-8-16-34)48-49-46(54-50(43)48)30-29-45-47(49)40-18-10-12-20-44(40)53-45/h3-31H,1-2H3.